The number of urea groups is 1. The van der Waals surface area contributed by atoms with Crippen molar-refractivity contribution >= 4 is 23.5 Å². The van der Waals surface area contributed by atoms with Gasteiger partial charge in [0.2, 0.25) is 0 Å². The van der Waals surface area contributed by atoms with Crippen LogP contribution in [0.15, 0.2) is 54.7 Å². The molecule has 0 atom stereocenters. The third-order valence-electron chi connectivity index (χ3n) is 3.23. The Morgan fingerprint density at radius 1 is 1.13 bits per heavy atom. The second kappa shape index (κ2) is 7.89. The van der Waals surface area contributed by atoms with Crippen LogP contribution in [0.4, 0.5) is 16.2 Å². The van der Waals surface area contributed by atoms with Crippen LogP contribution in [0, 0.1) is 0 Å². The fourth-order valence-electron chi connectivity index (χ4n) is 1.96. The predicted octanol–water partition coefficient (Wildman–Crippen LogP) is 3.55. The molecular weight excluding hydrogens is 290 g/mol. The molecule has 0 saturated carbocycles. The maximum Gasteiger partial charge on any atom is 0.323 e. The lowest BCUT2D eigenvalue weighted by molar-refractivity contribution is 0.255. The number of hydrogen-bond donors (Lipinski definition) is 2. The van der Waals surface area contributed by atoms with Crippen LogP contribution in [0.1, 0.15) is 5.56 Å². The van der Waals surface area contributed by atoms with E-state index in [4.69, 9.17) is 4.74 Å². The van der Waals surface area contributed by atoms with E-state index in [1.165, 1.54) is 0 Å². The molecule has 0 saturated heterocycles. The highest BCUT2D eigenvalue weighted by Gasteiger charge is 2.01. The average molecular weight is 311 g/mol. The first-order chi connectivity index (χ1) is 11.1. The van der Waals surface area contributed by atoms with Gasteiger partial charge in [-0.05, 0) is 42.0 Å². The van der Waals surface area contributed by atoms with Crippen LogP contribution in [0.2, 0.25) is 0 Å². The van der Waals surface area contributed by atoms with Gasteiger partial charge in [-0.2, -0.15) is 0 Å². The topological polar surface area (TPSA) is 53.6 Å². The van der Waals surface area contributed by atoms with Gasteiger partial charge in [0.1, 0.15) is 5.75 Å². The lowest BCUT2D eigenvalue weighted by Gasteiger charge is -2.13. The van der Waals surface area contributed by atoms with Crippen molar-refractivity contribution in [1.29, 1.82) is 0 Å². The Hall–Kier alpha value is -2.95. The van der Waals surface area contributed by atoms with Gasteiger partial charge in [-0.15, -0.1) is 0 Å². The number of ether oxygens (including phenoxy) is 1. The van der Waals surface area contributed by atoms with Crippen LogP contribution < -0.4 is 20.3 Å². The summed E-state index contributed by atoms with van der Waals surface area (Å²) in [5.74, 6) is 0.800. The molecule has 2 rings (SSSR count). The number of hydrogen-bond acceptors (Lipinski definition) is 3. The number of amides is 2. The number of nitrogens with zero attached hydrogens (tertiary/aromatic N) is 1. The van der Waals surface area contributed by atoms with Crippen molar-refractivity contribution in [3.8, 4) is 5.75 Å². The molecule has 2 aromatic carbocycles. The van der Waals surface area contributed by atoms with E-state index >= 15 is 0 Å². The number of rotatable bonds is 5. The molecule has 5 nitrogen and oxygen atoms in total. The van der Waals surface area contributed by atoms with Gasteiger partial charge in [-0.25, -0.2) is 4.79 Å². The molecule has 0 bridgehead atoms. The molecule has 0 aliphatic heterocycles. The molecule has 0 aliphatic rings. The quantitative estimate of drug-likeness (QED) is 0.888. The zero-order valence-corrected chi connectivity index (χ0v) is 13.5. The van der Waals surface area contributed by atoms with Gasteiger partial charge in [-0.1, -0.05) is 18.2 Å². The minimum atomic E-state index is -0.286. The highest BCUT2D eigenvalue weighted by Crippen LogP contribution is 2.17. The third kappa shape index (κ3) is 5.07. The molecule has 0 fully saturated rings. The van der Waals surface area contributed by atoms with E-state index in [2.05, 4.69) is 10.6 Å². The van der Waals surface area contributed by atoms with Gasteiger partial charge in [0.05, 0.1) is 7.11 Å². The van der Waals surface area contributed by atoms with Crippen molar-refractivity contribution in [1.82, 2.24) is 5.32 Å². The van der Waals surface area contributed by atoms with E-state index in [1.54, 1.807) is 13.3 Å². The first-order valence-electron chi connectivity index (χ1n) is 7.24. The van der Waals surface area contributed by atoms with E-state index < -0.39 is 0 Å². The highest BCUT2D eigenvalue weighted by molar-refractivity contribution is 5.90. The van der Waals surface area contributed by atoms with Crippen LogP contribution in [0.5, 0.6) is 5.75 Å². The fraction of sp³-hybridized carbons (Fsp3) is 0.167. The molecule has 2 N–H and O–H groups in total. The van der Waals surface area contributed by atoms with E-state index in [0.29, 0.717) is 0 Å². The summed E-state index contributed by atoms with van der Waals surface area (Å²) < 4.78 is 5.10. The molecule has 0 spiro atoms. The molecule has 0 aromatic heterocycles. The van der Waals surface area contributed by atoms with Gasteiger partial charge in [0.25, 0.3) is 0 Å². The van der Waals surface area contributed by atoms with Gasteiger partial charge < -0.3 is 20.3 Å². The van der Waals surface area contributed by atoms with Crippen molar-refractivity contribution in [2.24, 2.45) is 0 Å². The standard InChI is InChI=1S/C18H21N3O2/c1-21(2)16-6-4-5-15(13-16)20-18(22)19-12-11-14-7-9-17(23-3)10-8-14/h4-13H,1-3H3,(H2,19,20,22)/b12-11+. The van der Waals surface area contributed by atoms with Gasteiger partial charge >= 0.3 is 6.03 Å². The number of carbonyl (C=O) groups excluding carboxylic acids is 1. The molecule has 0 heterocycles. The lowest BCUT2D eigenvalue weighted by atomic mass is 10.2. The zero-order valence-electron chi connectivity index (χ0n) is 13.5. The van der Waals surface area contributed by atoms with Crippen molar-refractivity contribution in [2.75, 3.05) is 31.4 Å². The van der Waals surface area contributed by atoms with E-state index in [1.807, 2.05) is 73.6 Å². The SMILES string of the molecule is COc1ccc(/C=C/NC(=O)Nc2cccc(N(C)C)c2)cc1. The fourth-order valence-corrected chi connectivity index (χ4v) is 1.96. The molecule has 2 amide bonds. The predicted molar refractivity (Wildman–Crippen MR) is 95.0 cm³/mol. The van der Waals surface area contributed by atoms with Crippen LogP contribution in [0.25, 0.3) is 6.08 Å². The van der Waals surface area contributed by atoms with Crippen molar-refractivity contribution in [3.05, 3.63) is 60.3 Å². The summed E-state index contributed by atoms with van der Waals surface area (Å²) in [4.78, 5) is 13.9. The number of benzene rings is 2. The maximum atomic E-state index is 11.9. The molecule has 23 heavy (non-hydrogen) atoms. The molecule has 0 unspecified atom stereocenters. The first kappa shape index (κ1) is 16.4. The van der Waals surface area contributed by atoms with Crippen LogP contribution in [0.3, 0.4) is 0 Å². The normalized spacial score (nSPS) is 10.4. The highest BCUT2D eigenvalue weighted by atomic mass is 16.5. The zero-order chi connectivity index (χ0) is 16.7. The Kier molecular flexibility index (Phi) is 5.63. The maximum absolute atomic E-state index is 11.9. The summed E-state index contributed by atoms with van der Waals surface area (Å²) in [7, 11) is 5.54. The molecule has 120 valence electrons. The van der Waals surface area contributed by atoms with E-state index in [0.717, 1.165) is 22.7 Å². The summed E-state index contributed by atoms with van der Waals surface area (Å²) in [5, 5.41) is 5.48. The minimum absolute atomic E-state index is 0.286. The smallest absolute Gasteiger partial charge is 0.323 e. The van der Waals surface area contributed by atoms with Crippen molar-refractivity contribution in [3.63, 3.8) is 0 Å². The number of methoxy groups -OCH3 is 1. The third-order valence-corrected chi connectivity index (χ3v) is 3.23. The molecule has 0 radical (unpaired) electrons. The van der Waals surface area contributed by atoms with E-state index in [9.17, 15) is 4.79 Å². The summed E-state index contributed by atoms with van der Waals surface area (Å²) >= 11 is 0. The number of anilines is 2. The van der Waals surface area contributed by atoms with E-state index in [-0.39, 0.29) is 6.03 Å². The Balaban J connectivity index is 1.89. The molecule has 0 aliphatic carbocycles. The Morgan fingerprint density at radius 2 is 1.87 bits per heavy atom. The number of nitrogens with one attached hydrogen (secondary N) is 2. The second-order valence-electron chi connectivity index (χ2n) is 5.15. The average Bonchev–Trinajstić information content (AvgIpc) is 2.55. The van der Waals surface area contributed by atoms with Gasteiger partial charge in [0, 0.05) is 31.7 Å². The second-order valence-corrected chi connectivity index (χ2v) is 5.15. The van der Waals surface area contributed by atoms with Gasteiger partial charge in [-0.3, -0.25) is 0 Å². The minimum Gasteiger partial charge on any atom is -0.497 e. The Morgan fingerprint density at radius 3 is 2.52 bits per heavy atom. The van der Waals surface area contributed by atoms with Gasteiger partial charge in [0.15, 0.2) is 0 Å². The summed E-state index contributed by atoms with van der Waals surface area (Å²) in [6.45, 7) is 0. The van der Waals surface area contributed by atoms with Crippen LogP contribution >= 0.6 is 0 Å². The Bertz CT molecular complexity index is 679. The summed E-state index contributed by atoms with van der Waals surface area (Å²) in [6.07, 6.45) is 3.42. The molecule has 5 heteroatoms. The molecule has 2 aromatic rings. The number of carbonyl (C=O) groups is 1. The summed E-state index contributed by atoms with van der Waals surface area (Å²) in [5.41, 5.74) is 2.74. The van der Waals surface area contributed by atoms with Crippen LogP contribution in [-0.2, 0) is 0 Å². The first-order valence-corrected chi connectivity index (χ1v) is 7.24. The largest absolute Gasteiger partial charge is 0.497 e. The monoisotopic (exact) mass is 311 g/mol. The Labute approximate surface area is 136 Å². The molecular formula is C18H21N3O2. The van der Waals surface area contributed by atoms with Crippen LogP contribution in [-0.4, -0.2) is 27.2 Å². The van der Waals surface area contributed by atoms with Crippen molar-refractivity contribution in [2.45, 2.75) is 0 Å². The lowest BCUT2D eigenvalue weighted by Crippen LogP contribution is -2.23. The van der Waals surface area contributed by atoms with Crippen molar-refractivity contribution < 1.29 is 9.53 Å². The summed E-state index contributed by atoms with van der Waals surface area (Å²) in [6, 6.07) is 14.9.